The van der Waals surface area contributed by atoms with Crippen LogP contribution in [0.3, 0.4) is 0 Å². The van der Waals surface area contributed by atoms with Crippen LogP contribution in [-0.4, -0.2) is 16.3 Å². The molecule has 4 nitrogen and oxygen atoms in total. The molecule has 3 rings (SSSR count). The number of nitrogens with zero attached hydrogens (tertiary/aromatic N) is 2. The summed E-state index contributed by atoms with van der Waals surface area (Å²) in [6.07, 6.45) is 1.58. The second kappa shape index (κ2) is 5.30. The first kappa shape index (κ1) is 12.6. The van der Waals surface area contributed by atoms with Gasteiger partial charge >= 0.3 is 0 Å². The Labute approximate surface area is 120 Å². The van der Waals surface area contributed by atoms with E-state index in [1.54, 1.807) is 35.8 Å². The predicted octanol–water partition coefficient (Wildman–Crippen LogP) is 3.76. The first-order valence-corrected chi connectivity index (χ1v) is 6.98. The summed E-state index contributed by atoms with van der Waals surface area (Å²) in [7, 11) is 0. The number of nitrogens with one attached hydrogen (secondary N) is 1. The quantitative estimate of drug-likeness (QED) is 0.568. The van der Waals surface area contributed by atoms with Crippen molar-refractivity contribution in [1.29, 1.82) is 0 Å². The Morgan fingerprint density at radius 1 is 1.25 bits per heavy atom. The van der Waals surface area contributed by atoms with Crippen LogP contribution in [0.15, 0.2) is 47.6 Å². The molecule has 0 saturated heterocycles. The van der Waals surface area contributed by atoms with Gasteiger partial charge in [-0.15, -0.1) is 0 Å². The molecule has 1 heterocycles. The lowest BCUT2D eigenvalue weighted by molar-refractivity contribution is 0.474. The summed E-state index contributed by atoms with van der Waals surface area (Å²) in [6, 6.07) is 13.2. The number of para-hydroxylation sites is 1. The molecule has 100 valence electrons. The average molecular weight is 283 g/mol. The van der Waals surface area contributed by atoms with E-state index in [2.05, 4.69) is 28.5 Å². The Kier molecular flexibility index (Phi) is 3.35. The van der Waals surface area contributed by atoms with Crippen molar-refractivity contribution in [3.05, 3.63) is 53.6 Å². The molecule has 5 heteroatoms. The lowest BCUT2D eigenvalue weighted by atomic mass is 10.2. The number of aromatic hydroxyl groups is 1. The maximum Gasteiger partial charge on any atom is 0.204 e. The van der Waals surface area contributed by atoms with Gasteiger partial charge in [0.1, 0.15) is 5.75 Å². The number of hydrogen-bond acceptors (Lipinski definition) is 5. The molecule has 0 spiro atoms. The highest BCUT2D eigenvalue weighted by Gasteiger charge is 2.02. The third-order valence-electron chi connectivity index (χ3n) is 2.84. The number of thiazole rings is 1. The fourth-order valence-electron chi connectivity index (χ4n) is 1.83. The van der Waals surface area contributed by atoms with Crippen LogP contribution in [0.5, 0.6) is 5.75 Å². The minimum absolute atomic E-state index is 0.206. The number of fused-ring (bicyclic) bond motifs is 1. The number of hydrazone groups is 1. The van der Waals surface area contributed by atoms with Gasteiger partial charge in [0.25, 0.3) is 0 Å². The number of hydrogen-bond donors (Lipinski definition) is 2. The molecule has 20 heavy (non-hydrogen) atoms. The topological polar surface area (TPSA) is 57.5 Å². The van der Waals surface area contributed by atoms with Crippen molar-refractivity contribution in [2.24, 2.45) is 5.10 Å². The maximum absolute atomic E-state index is 9.62. The molecular weight excluding hydrogens is 270 g/mol. The van der Waals surface area contributed by atoms with Gasteiger partial charge in [0.15, 0.2) is 0 Å². The third kappa shape index (κ3) is 2.62. The molecule has 1 aromatic heterocycles. The lowest BCUT2D eigenvalue weighted by Gasteiger charge is -1.96. The van der Waals surface area contributed by atoms with Gasteiger partial charge in [-0.3, -0.25) is 5.43 Å². The summed E-state index contributed by atoms with van der Waals surface area (Å²) >= 11 is 1.55. The molecule has 0 saturated carbocycles. The highest BCUT2D eigenvalue weighted by atomic mass is 32.1. The molecule has 0 bridgehead atoms. The fraction of sp³-hybridized carbons (Fsp3) is 0.0667. The molecule has 2 aromatic carbocycles. The number of rotatable bonds is 3. The molecule has 0 aliphatic carbocycles. The zero-order valence-electron chi connectivity index (χ0n) is 10.9. The Bertz CT molecular complexity index is 780. The zero-order chi connectivity index (χ0) is 13.9. The van der Waals surface area contributed by atoms with Crippen molar-refractivity contribution < 1.29 is 5.11 Å². The number of anilines is 1. The molecular formula is C15H13N3OS. The Balaban J connectivity index is 1.78. The summed E-state index contributed by atoms with van der Waals surface area (Å²) in [4.78, 5) is 4.44. The monoisotopic (exact) mass is 283 g/mol. The standard InChI is InChI=1S/C15H13N3OS/c1-10-6-7-12-14(8-10)20-15(17-12)18-16-9-11-4-2-3-5-13(11)19/h2-9,19H,1H3,(H,17,18)/b16-9+. The van der Waals surface area contributed by atoms with Gasteiger partial charge in [0, 0.05) is 5.56 Å². The first-order valence-electron chi connectivity index (χ1n) is 6.16. The van der Waals surface area contributed by atoms with E-state index in [-0.39, 0.29) is 5.75 Å². The number of phenols is 1. The zero-order valence-corrected chi connectivity index (χ0v) is 11.7. The summed E-state index contributed by atoms with van der Waals surface area (Å²) in [5.74, 6) is 0.206. The Morgan fingerprint density at radius 2 is 2.10 bits per heavy atom. The Hall–Kier alpha value is -2.40. The van der Waals surface area contributed by atoms with Crippen LogP contribution in [0.1, 0.15) is 11.1 Å². The van der Waals surface area contributed by atoms with Crippen molar-refractivity contribution in [3.8, 4) is 5.75 Å². The van der Waals surface area contributed by atoms with Gasteiger partial charge in [-0.1, -0.05) is 29.5 Å². The third-order valence-corrected chi connectivity index (χ3v) is 3.77. The van der Waals surface area contributed by atoms with Crippen LogP contribution in [0.2, 0.25) is 0 Å². The molecule has 0 unspecified atom stereocenters. The van der Waals surface area contributed by atoms with Gasteiger partial charge in [-0.2, -0.15) is 5.10 Å². The van der Waals surface area contributed by atoms with E-state index >= 15 is 0 Å². The molecule has 0 aliphatic rings. The van der Waals surface area contributed by atoms with Crippen LogP contribution in [0.4, 0.5) is 5.13 Å². The van der Waals surface area contributed by atoms with Gasteiger partial charge in [0.2, 0.25) is 5.13 Å². The molecule has 0 radical (unpaired) electrons. The van der Waals surface area contributed by atoms with E-state index in [1.165, 1.54) is 5.56 Å². The molecule has 2 N–H and O–H groups in total. The van der Waals surface area contributed by atoms with Gasteiger partial charge in [-0.25, -0.2) is 4.98 Å². The molecule has 0 aliphatic heterocycles. The highest BCUT2D eigenvalue weighted by Crippen LogP contribution is 2.26. The van der Waals surface area contributed by atoms with E-state index in [0.717, 1.165) is 15.3 Å². The fourth-order valence-corrected chi connectivity index (χ4v) is 2.75. The first-order chi connectivity index (χ1) is 9.72. The largest absolute Gasteiger partial charge is 0.507 e. The number of aryl methyl sites for hydroxylation is 1. The van der Waals surface area contributed by atoms with Crippen LogP contribution in [0.25, 0.3) is 10.2 Å². The number of phenolic OH excluding ortho intramolecular Hbond substituents is 1. The van der Waals surface area contributed by atoms with E-state index in [1.807, 2.05) is 18.2 Å². The van der Waals surface area contributed by atoms with E-state index < -0.39 is 0 Å². The highest BCUT2D eigenvalue weighted by molar-refractivity contribution is 7.22. The molecule has 3 aromatic rings. The van der Waals surface area contributed by atoms with Crippen molar-refractivity contribution in [3.63, 3.8) is 0 Å². The Morgan fingerprint density at radius 3 is 2.95 bits per heavy atom. The lowest BCUT2D eigenvalue weighted by Crippen LogP contribution is -1.89. The van der Waals surface area contributed by atoms with Crippen molar-refractivity contribution >= 4 is 32.9 Å². The second-order valence-corrected chi connectivity index (χ2v) is 5.45. The summed E-state index contributed by atoms with van der Waals surface area (Å²) in [5.41, 5.74) is 5.73. The van der Waals surface area contributed by atoms with Gasteiger partial charge in [-0.05, 0) is 36.8 Å². The van der Waals surface area contributed by atoms with Gasteiger partial charge in [0.05, 0.1) is 16.4 Å². The molecule has 0 fully saturated rings. The van der Waals surface area contributed by atoms with Crippen LogP contribution in [-0.2, 0) is 0 Å². The number of aromatic nitrogens is 1. The van der Waals surface area contributed by atoms with Gasteiger partial charge < -0.3 is 5.11 Å². The SMILES string of the molecule is Cc1ccc2nc(N/N=C/c3ccccc3O)sc2c1. The minimum atomic E-state index is 0.206. The van der Waals surface area contributed by atoms with Crippen molar-refractivity contribution in [2.45, 2.75) is 6.92 Å². The van der Waals surface area contributed by atoms with Crippen LogP contribution < -0.4 is 5.43 Å². The predicted molar refractivity (Wildman–Crippen MR) is 83.7 cm³/mol. The molecule has 0 atom stereocenters. The average Bonchev–Trinajstić information content (AvgIpc) is 2.83. The second-order valence-electron chi connectivity index (χ2n) is 4.42. The normalized spacial score (nSPS) is 11.2. The summed E-state index contributed by atoms with van der Waals surface area (Å²) < 4.78 is 1.13. The van der Waals surface area contributed by atoms with Crippen molar-refractivity contribution in [1.82, 2.24) is 4.98 Å². The van der Waals surface area contributed by atoms with E-state index in [4.69, 9.17) is 0 Å². The van der Waals surface area contributed by atoms with Crippen LogP contribution >= 0.6 is 11.3 Å². The summed E-state index contributed by atoms with van der Waals surface area (Å²) in [5, 5.41) is 14.5. The van der Waals surface area contributed by atoms with E-state index in [9.17, 15) is 5.11 Å². The van der Waals surface area contributed by atoms with Crippen molar-refractivity contribution in [2.75, 3.05) is 5.43 Å². The maximum atomic E-state index is 9.62. The smallest absolute Gasteiger partial charge is 0.204 e. The van der Waals surface area contributed by atoms with E-state index in [0.29, 0.717) is 5.56 Å². The molecule has 0 amide bonds. The number of benzene rings is 2. The van der Waals surface area contributed by atoms with Crippen LogP contribution in [0, 0.1) is 6.92 Å². The summed E-state index contributed by atoms with van der Waals surface area (Å²) in [6.45, 7) is 2.06. The minimum Gasteiger partial charge on any atom is -0.507 e.